The average Bonchev–Trinajstić information content (AvgIpc) is 3.46. The molecule has 2 aliphatic heterocycles. The molecule has 31 heavy (non-hydrogen) atoms. The van der Waals surface area contributed by atoms with Gasteiger partial charge in [-0.1, -0.05) is 11.3 Å². The number of benzene rings is 1. The SMILES string of the molecule is O=C(Nc1nncs1)C1CCN(C(=O)NCC2CCN(c3ccc(F)c(F)c3)C2)CC1. The quantitative estimate of drug-likeness (QED) is 0.731. The standard InChI is InChI=1S/C20H24F2N6O2S/c21-16-2-1-15(9-17(16)22)28-6-3-13(11-28)10-23-20(30)27-7-4-14(5-8-27)18(29)25-19-26-24-12-31-19/h1-2,9,12-14H,3-8,10-11H2,(H,23,30)(H,25,26,29). The summed E-state index contributed by atoms with van der Waals surface area (Å²) in [7, 11) is 0. The van der Waals surface area contributed by atoms with Crippen LogP contribution in [0.2, 0.25) is 0 Å². The van der Waals surface area contributed by atoms with Crippen LogP contribution >= 0.6 is 11.3 Å². The lowest BCUT2D eigenvalue weighted by molar-refractivity contribution is -0.121. The van der Waals surface area contributed by atoms with E-state index >= 15 is 0 Å². The molecule has 1 aromatic heterocycles. The minimum Gasteiger partial charge on any atom is -0.371 e. The Balaban J connectivity index is 1.18. The van der Waals surface area contributed by atoms with Gasteiger partial charge in [-0.3, -0.25) is 4.79 Å². The van der Waals surface area contributed by atoms with Crippen LogP contribution < -0.4 is 15.5 Å². The van der Waals surface area contributed by atoms with Gasteiger partial charge in [0.15, 0.2) is 11.6 Å². The van der Waals surface area contributed by atoms with Gasteiger partial charge in [0.1, 0.15) is 5.51 Å². The molecule has 2 N–H and O–H groups in total. The molecule has 11 heteroatoms. The molecule has 3 heterocycles. The highest BCUT2D eigenvalue weighted by molar-refractivity contribution is 7.13. The maximum absolute atomic E-state index is 13.5. The van der Waals surface area contributed by atoms with Gasteiger partial charge in [-0.25, -0.2) is 13.6 Å². The number of likely N-dealkylation sites (tertiary alicyclic amines) is 1. The fourth-order valence-electron chi connectivity index (χ4n) is 4.04. The molecule has 3 amide bonds. The van der Waals surface area contributed by atoms with E-state index in [1.54, 1.807) is 16.5 Å². The Morgan fingerprint density at radius 3 is 2.65 bits per heavy atom. The lowest BCUT2D eigenvalue weighted by Gasteiger charge is -2.31. The molecule has 2 saturated heterocycles. The topological polar surface area (TPSA) is 90.5 Å². The molecular weight excluding hydrogens is 426 g/mol. The van der Waals surface area contributed by atoms with Crippen molar-refractivity contribution in [3.05, 3.63) is 35.3 Å². The maximum atomic E-state index is 13.5. The predicted octanol–water partition coefficient (Wildman–Crippen LogP) is 2.70. The lowest BCUT2D eigenvalue weighted by atomic mass is 9.96. The molecule has 0 bridgehead atoms. The second-order valence-corrected chi connectivity index (χ2v) is 8.71. The third-order valence-corrected chi connectivity index (χ3v) is 6.45. The van der Waals surface area contributed by atoms with Gasteiger partial charge in [0, 0.05) is 50.4 Å². The van der Waals surface area contributed by atoms with Gasteiger partial charge in [0.2, 0.25) is 11.0 Å². The molecule has 0 spiro atoms. The van der Waals surface area contributed by atoms with E-state index in [9.17, 15) is 18.4 Å². The van der Waals surface area contributed by atoms with E-state index in [2.05, 4.69) is 20.8 Å². The summed E-state index contributed by atoms with van der Waals surface area (Å²) in [5.74, 6) is -1.69. The fourth-order valence-corrected chi connectivity index (χ4v) is 4.49. The highest BCUT2D eigenvalue weighted by Crippen LogP contribution is 2.25. The van der Waals surface area contributed by atoms with Crippen LogP contribution in [-0.2, 0) is 4.79 Å². The minimum absolute atomic E-state index is 0.0833. The zero-order valence-electron chi connectivity index (χ0n) is 16.9. The summed E-state index contributed by atoms with van der Waals surface area (Å²) in [5, 5.41) is 13.7. The summed E-state index contributed by atoms with van der Waals surface area (Å²) in [6.45, 7) is 2.98. The van der Waals surface area contributed by atoms with Gasteiger partial charge in [0.25, 0.3) is 0 Å². The van der Waals surface area contributed by atoms with Crippen molar-refractivity contribution in [2.45, 2.75) is 19.3 Å². The molecule has 2 aromatic rings. The number of carbonyl (C=O) groups excluding carboxylic acids is 2. The zero-order chi connectivity index (χ0) is 21.8. The van der Waals surface area contributed by atoms with Crippen molar-refractivity contribution in [2.24, 2.45) is 11.8 Å². The number of piperidine rings is 1. The fraction of sp³-hybridized carbons (Fsp3) is 0.500. The van der Waals surface area contributed by atoms with Crippen LogP contribution in [0.3, 0.4) is 0 Å². The summed E-state index contributed by atoms with van der Waals surface area (Å²) >= 11 is 1.27. The second-order valence-electron chi connectivity index (χ2n) is 7.88. The minimum atomic E-state index is -0.854. The monoisotopic (exact) mass is 450 g/mol. The molecule has 1 atom stereocenters. The molecule has 4 rings (SSSR count). The van der Waals surface area contributed by atoms with Gasteiger partial charge < -0.3 is 20.4 Å². The first kappa shape index (κ1) is 21.4. The Bertz CT molecular complexity index is 920. The lowest BCUT2D eigenvalue weighted by Crippen LogP contribution is -2.47. The van der Waals surface area contributed by atoms with E-state index in [-0.39, 0.29) is 23.8 Å². The second kappa shape index (κ2) is 9.54. The highest BCUT2D eigenvalue weighted by atomic mass is 32.1. The number of anilines is 2. The first-order chi connectivity index (χ1) is 15.0. The average molecular weight is 451 g/mol. The molecular formula is C20H24F2N6O2S. The largest absolute Gasteiger partial charge is 0.371 e. The number of amides is 3. The van der Waals surface area contributed by atoms with E-state index < -0.39 is 11.6 Å². The number of nitrogens with zero attached hydrogens (tertiary/aromatic N) is 4. The molecule has 0 radical (unpaired) electrons. The molecule has 1 aromatic carbocycles. The normalized spacial score (nSPS) is 19.5. The van der Waals surface area contributed by atoms with Gasteiger partial charge >= 0.3 is 6.03 Å². The van der Waals surface area contributed by atoms with Crippen LogP contribution in [0.4, 0.5) is 24.4 Å². The first-order valence-electron chi connectivity index (χ1n) is 10.3. The number of nitrogens with one attached hydrogen (secondary N) is 2. The van der Waals surface area contributed by atoms with E-state index in [1.165, 1.54) is 17.4 Å². The highest BCUT2D eigenvalue weighted by Gasteiger charge is 2.29. The maximum Gasteiger partial charge on any atom is 0.317 e. The molecule has 1 unspecified atom stereocenters. The molecule has 2 fully saturated rings. The number of urea groups is 1. The Kier molecular flexibility index (Phi) is 6.59. The van der Waals surface area contributed by atoms with Gasteiger partial charge in [0.05, 0.1) is 0 Å². The molecule has 8 nitrogen and oxygen atoms in total. The first-order valence-corrected chi connectivity index (χ1v) is 11.2. The van der Waals surface area contributed by atoms with E-state index in [0.717, 1.165) is 19.0 Å². The number of hydrogen-bond donors (Lipinski definition) is 2. The molecule has 0 saturated carbocycles. The summed E-state index contributed by atoms with van der Waals surface area (Å²) < 4.78 is 26.6. The van der Waals surface area contributed by atoms with Crippen molar-refractivity contribution in [3.8, 4) is 0 Å². The van der Waals surface area contributed by atoms with Crippen LogP contribution in [0.15, 0.2) is 23.7 Å². The number of halogens is 2. The zero-order valence-corrected chi connectivity index (χ0v) is 17.7. The van der Waals surface area contributed by atoms with Crippen molar-refractivity contribution in [1.29, 1.82) is 0 Å². The van der Waals surface area contributed by atoms with Crippen molar-refractivity contribution in [2.75, 3.05) is 42.9 Å². The summed E-state index contributed by atoms with van der Waals surface area (Å²) in [6, 6.07) is 3.79. The summed E-state index contributed by atoms with van der Waals surface area (Å²) in [4.78, 5) is 28.5. The van der Waals surface area contributed by atoms with Gasteiger partial charge in [-0.15, -0.1) is 10.2 Å². The number of aromatic nitrogens is 2. The Labute approximate surface area is 182 Å². The van der Waals surface area contributed by atoms with Crippen LogP contribution in [0.25, 0.3) is 0 Å². The van der Waals surface area contributed by atoms with Gasteiger partial charge in [-0.05, 0) is 37.3 Å². The van der Waals surface area contributed by atoms with Crippen molar-refractivity contribution in [3.63, 3.8) is 0 Å². The van der Waals surface area contributed by atoms with E-state index in [4.69, 9.17) is 0 Å². The smallest absolute Gasteiger partial charge is 0.317 e. The van der Waals surface area contributed by atoms with Crippen LogP contribution in [0, 0.1) is 23.5 Å². The van der Waals surface area contributed by atoms with Crippen molar-refractivity contribution in [1.82, 2.24) is 20.4 Å². The van der Waals surface area contributed by atoms with Crippen molar-refractivity contribution >= 4 is 34.1 Å². The third kappa shape index (κ3) is 5.27. The third-order valence-electron chi connectivity index (χ3n) is 5.84. The summed E-state index contributed by atoms with van der Waals surface area (Å²) in [6.07, 6.45) is 2.07. The van der Waals surface area contributed by atoms with Crippen LogP contribution in [0.5, 0.6) is 0 Å². The van der Waals surface area contributed by atoms with E-state index in [1.807, 2.05) is 4.90 Å². The molecule has 166 valence electrons. The summed E-state index contributed by atoms with van der Waals surface area (Å²) in [5.41, 5.74) is 2.21. The Morgan fingerprint density at radius 2 is 1.94 bits per heavy atom. The predicted molar refractivity (Wildman–Crippen MR) is 113 cm³/mol. The van der Waals surface area contributed by atoms with Crippen molar-refractivity contribution < 1.29 is 18.4 Å². The number of carbonyl (C=O) groups is 2. The number of rotatable bonds is 5. The Morgan fingerprint density at radius 1 is 1.13 bits per heavy atom. The number of hydrogen-bond acceptors (Lipinski definition) is 6. The Hall–Kier alpha value is -2.82. The van der Waals surface area contributed by atoms with Gasteiger partial charge in [-0.2, -0.15) is 0 Å². The van der Waals surface area contributed by atoms with Crippen LogP contribution in [-0.4, -0.2) is 59.8 Å². The van der Waals surface area contributed by atoms with Crippen LogP contribution in [0.1, 0.15) is 19.3 Å². The molecule has 2 aliphatic rings. The molecule has 0 aliphatic carbocycles. The van der Waals surface area contributed by atoms with E-state index in [0.29, 0.717) is 49.8 Å².